The molecule has 2 unspecified atom stereocenters. The van der Waals surface area contributed by atoms with Gasteiger partial charge in [-0.05, 0) is 24.9 Å². The lowest BCUT2D eigenvalue weighted by Gasteiger charge is -2.17. The van der Waals surface area contributed by atoms with E-state index in [2.05, 4.69) is 23.8 Å². The first-order valence-corrected chi connectivity index (χ1v) is 8.79. The molecular formula is C14H28N2O2S. The fraction of sp³-hybridized carbons (Fsp3) is 0.929. The number of amides is 1. The van der Waals surface area contributed by atoms with Crippen LogP contribution in [0, 0.1) is 0 Å². The summed E-state index contributed by atoms with van der Waals surface area (Å²) < 4.78 is 5.17. The van der Waals surface area contributed by atoms with Gasteiger partial charge >= 0.3 is 0 Å². The van der Waals surface area contributed by atoms with E-state index < -0.39 is 0 Å². The van der Waals surface area contributed by atoms with Gasteiger partial charge in [-0.1, -0.05) is 26.2 Å². The van der Waals surface area contributed by atoms with Crippen LogP contribution in [0.3, 0.4) is 0 Å². The highest BCUT2D eigenvalue weighted by Gasteiger charge is 2.25. The van der Waals surface area contributed by atoms with E-state index in [1.807, 2.05) is 0 Å². The third kappa shape index (κ3) is 8.50. The minimum atomic E-state index is -0.0668. The molecule has 0 aromatic carbocycles. The number of carbonyl (C=O) groups excluding carboxylic acids is 1. The summed E-state index contributed by atoms with van der Waals surface area (Å²) in [5.41, 5.74) is 0. The van der Waals surface area contributed by atoms with Crippen molar-refractivity contribution in [3.8, 4) is 0 Å². The first kappa shape index (κ1) is 16.8. The summed E-state index contributed by atoms with van der Waals surface area (Å²) in [6, 6.07) is -0.0668. The number of ether oxygens (including phenoxy) is 1. The number of carbonyl (C=O) groups is 1. The Morgan fingerprint density at radius 3 is 2.84 bits per heavy atom. The molecule has 1 fully saturated rings. The van der Waals surface area contributed by atoms with Crippen LogP contribution in [0.4, 0.5) is 0 Å². The van der Waals surface area contributed by atoms with E-state index in [0.29, 0.717) is 6.10 Å². The van der Waals surface area contributed by atoms with Crippen molar-refractivity contribution in [1.29, 1.82) is 0 Å². The summed E-state index contributed by atoms with van der Waals surface area (Å²) in [5.74, 6) is 1.15. The number of hydrogen-bond donors (Lipinski definition) is 2. The minimum absolute atomic E-state index is 0.0668. The molecular weight excluding hydrogens is 260 g/mol. The maximum atomic E-state index is 12.1. The van der Waals surface area contributed by atoms with E-state index in [0.717, 1.165) is 38.3 Å². The predicted molar refractivity (Wildman–Crippen MR) is 81.7 cm³/mol. The van der Waals surface area contributed by atoms with Gasteiger partial charge in [0.2, 0.25) is 5.91 Å². The molecule has 5 heteroatoms. The summed E-state index contributed by atoms with van der Waals surface area (Å²) in [4.78, 5) is 12.1. The average molecular weight is 288 g/mol. The van der Waals surface area contributed by atoms with Gasteiger partial charge in [0, 0.05) is 13.1 Å². The van der Waals surface area contributed by atoms with Crippen molar-refractivity contribution < 1.29 is 9.53 Å². The minimum Gasteiger partial charge on any atom is -0.372 e. The highest BCUT2D eigenvalue weighted by Crippen LogP contribution is 2.08. The van der Waals surface area contributed by atoms with Gasteiger partial charge in [0.05, 0.1) is 18.8 Å². The molecule has 1 rings (SSSR count). The summed E-state index contributed by atoms with van der Waals surface area (Å²) in [6.07, 6.45) is 8.05. The fourth-order valence-electron chi connectivity index (χ4n) is 1.91. The first-order chi connectivity index (χ1) is 9.27. The van der Waals surface area contributed by atoms with Crippen LogP contribution in [0.1, 0.15) is 39.0 Å². The van der Waals surface area contributed by atoms with Crippen molar-refractivity contribution in [1.82, 2.24) is 10.6 Å². The Hall–Kier alpha value is -0.260. The summed E-state index contributed by atoms with van der Waals surface area (Å²) in [5, 5.41) is 6.36. The van der Waals surface area contributed by atoms with Crippen molar-refractivity contribution in [2.24, 2.45) is 0 Å². The first-order valence-electron chi connectivity index (χ1n) is 7.39. The molecule has 0 spiro atoms. The molecule has 0 bridgehead atoms. The third-order valence-corrected chi connectivity index (χ3v) is 3.89. The van der Waals surface area contributed by atoms with Gasteiger partial charge in [0.25, 0.3) is 0 Å². The van der Waals surface area contributed by atoms with Crippen molar-refractivity contribution in [2.75, 3.05) is 31.7 Å². The van der Waals surface area contributed by atoms with Gasteiger partial charge in [-0.25, -0.2) is 0 Å². The molecule has 1 saturated heterocycles. The number of hydrogen-bond acceptors (Lipinski definition) is 4. The van der Waals surface area contributed by atoms with E-state index in [1.54, 1.807) is 11.8 Å². The van der Waals surface area contributed by atoms with E-state index in [9.17, 15) is 4.79 Å². The Morgan fingerprint density at radius 1 is 1.42 bits per heavy atom. The maximum Gasteiger partial charge on any atom is 0.237 e. The quantitative estimate of drug-likeness (QED) is 0.425. The molecule has 19 heavy (non-hydrogen) atoms. The molecule has 0 aliphatic carbocycles. The van der Waals surface area contributed by atoms with E-state index >= 15 is 0 Å². The van der Waals surface area contributed by atoms with Crippen LogP contribution in [0.2, 0.25) is 0 Å². The van der Waals surface area contributed by atoms with Crippen LogP contribution in [0.15, 0.2) is 0 Å². The Bertz CT molecular complexity index is 248. The number of rotatable bonds is 12. The van der Waals surface area contributed by atoms with Crippen LogP contribution in [0.25, 0.3) is 0 Å². The standard InChI is InChI=1S/C14H28N2O2S/c1-3-4-5-6-8-15-14(17)13(7-9-19-2)16-10-12-11-18-12/h12-13,16H,3-11H2,1-2H3,(H,15,17). The molecule has 0 radical (unpaired) electrons. The summed E-state index contributed by atoms with van der Waals surface area (Å²) in [6.45, 7) is 4.63. The lowest BCUT2D eigenvalue weighted by atomic mass is 10.2. The third-order valence-electron chi connectivity index (χ3n) is 3.25. The van der Waals surface area contributed by atoms with Crippen LogP contribution in [0.5, 0.6) is 0 Å². The molecule has 4 nitrogen and oxygen atoms in total. The zero-order chi connectivity index (χ0) is 13.9. The molecule has 2 N–H and O–H groups in total. The second-order valence-electron chi connectivity index (χ2n) is 5.05. The smallest absolute Gasteiger partial charge is 0.237 e. The highest BCUT2D eigenvalue weighted by atomic mass is 32.2. The SMILES string of the molecule is CCCCCCNC(=O)C(CCSC)NCC1CO1. The Kier molecular flexibility index (Phi) is 9.30. The number of nitrogens with one attached hydrogen (secondary N) is 2. The zero-order valence-electron chi connectivity index (χ0n) is 12.2. The predicted octanol–water partition coefficient (Wildman–Crippen LogP) is 1.79. The molecule has 1 aliphatic rings. The molecule has 1 aliphatic heterocycles. The number of thioether (sulfide) groups is 1. The molecule has 0 saturated carbocycles. The fourth-order valence-corrected chi connectivity index (χ4v) is 2.38. The largest absolute Gasteiger partial charge is 0.372 e. The van der Waals surface area contributed by atoms with E-state index in [4.69, 9.17) is 4.74 Å². The normalized spacial score (nSPS) is 19.2. The molecule has 0 aromatic rings. The molecule has 0 aromatic heterocycles. The van der Waals surface area contributed by atoms with Crippen LogP contribution in [-0.4, -0.2) is 49.8 Å². The van der Waals surface area contributed by atoms with Gasteiger partial charge in [0.1, 0.15) is 0 Å². The molecule has 2 atom stereocenters. The van der Waals surface area contributed by atoms with Gasteiger partial charge in [-0.3, -0.25) is 4.79 Å². The van der Waals surface area contributed by atoms with E-state index in [-0.39, 0.29) is 11.9 Å². The van der Waals surface area contributed by atoms with Gasteiger partial charge in [-0.2, -0.15) is 11.8 Å². The second kappa shape index (κ2) is 10.5. The zero-order valence-corrected chi connectivity index (χ0v) is 13.1. The number of epoxide rings is 1. The van der Waals surface area contributed by atoms with Crippen molar-refractivity contribution in [2.45, 2.75) is 51.2 Å². The lowest BCUT2D eigenvalue weighted by molar-refractivity contribution is -0.123. The van der Waals surface area contributed by atoms with Crippen LogP contribution < -0.4 is 10.6 Å². The summed E-state index contributed by atoms with van der Waals surface area (Å²) >= 11 is 1.78. The average Bonchev–Trinajstić information content (AvgIpc) is 3.22. The molecule has 112 valence electrons. The Morgan fingerprint density at radius 2 is 2.21 bits per heavy atom. The maximum absolute atomic E-state index is 12.1. The van der Waals surface area contributed by atoms with Gasteiger partial charge < -0.3 is 15.4 Å². The monoisotopic (exact) mass is 288 g/mol. The van der Waals surface area contributed by atoms with Gasteiger partial charge in [-0.15, -0.1) is 0 Å². The summed E-state index contributed by atoms with van der Waals surface area (Å²) in [7, 11) is 0. The van der Waals surface area contributed by atoms with Crippen LogP contribution in [-0.2, 0) is 9.53 Å². The van der Waals surface area contributed by atoms with Crippen molar-refractivity contribution >= 4 is 17.7 Å². The topological polar surface area (TPSA) is 53.7 Å². The second-order valence-corrected chi connectivity index (χ2v) is 6.03. The Labute approximate surface area is 121 Å². The van der Waals surface area contributed by atoms with Crippen molar-refractivity contribution in [3.63, 3.8) is 0 Å². The Balaban J connectivity index is 2.16. The van der Waals surface area contributed by atoms with E-state index in [1.165, 1.54) is 19.3 Å². The van der Waals surface area contributed by atoms with Gasteiger partial charge in [0.15, 0.2) is 0 Å². The number of unbranched alkanes of at least 4 members (excludes halogenated alkanes) is 3. The van der Waals surface area contributed by atoms with Crippen molar-refractivity contribution in [3.05, 3.63) is 0 Å². The highest BCUT2D eigenvalue weighted by molar-refractivity contribution is 7.98. The lowest BCUT2D eigenvalue weighted by Crippen LogP contribution is -2.46. The molecule has 1 heterocycles. The molecule has 1 amide bonds. The van der Waals surface area contributed by atoms with Crippen LogP contribution >= 0.6 is 11.8 Å².